The number of nitrogen functional groups attached to an aromatic ring is 1. The van der Waals surface area contributed by atoms with Crippen molar-refractivity contribution in [2.24, 2.45) is 0 Å². The summed E-state index contributed by atoms with van der Waals surface area (Å²) in [6.07, 6.45) is 7.23. The van der Waals surface area contributed by atoms with E-state index in [1.165, 1.54) is 11.9 Å². The second kappa shape index (κ2) is 11.5. The molecule has 1 aliphatic rings. The Bertz CT molecular complexity index is 1930. The lowest BCUT2D eigenvalue weighted by Gasteiger charge is -2.35. The van der Waals surface area contributed by atoms with Crippen molar-refractivity contribution in [3.63, 3.8) is 0 Å². The monoisotopic (exact) mass is 568 g/mol. The van der Waals surface area contributed by atoms with Gasteiger partial charge in [-0.15, -0.1) is 0 Å². The van der Waals surface area contributed by atoms with Crippen LogP contribution in [-0.4, -0.2) is 67.0 Å². The van der Waals surface area contributed by atoms with Crippen molar-refractivity contribution < 1.29 is 0 Å². The minimum Gasteiger partial charge on any atom is -0.382 e. The summed E-state index contributed by atoms with van der Waals surface area (Å²) in [5.74, 6) is 1.25. The molecule has 0 radical (unpaired) electrons. The highest BCUT2D eigenvalue weighted by Gasteiger charge is 2.21. The first-order valence-electron chi connectivity index (χ1n) is 14.6. The van der Waals surface area contributed by atoms with Gasteiger partial charge < -0.3 is 10.6 Å². The van der Waals surface area contributed by atoms with Gasteiger partial charge in [0.15, 0.2) is 5.82 Å². The number of aromatic nitrogens is 6. The van der Waals surface area contributed by atoms with Crippen LogP contribution < -0.4 is 10.6 Å². The Hall–Kier alpha value is -5.27. The fourth-order valence-corrected chi connectivity index (χ4v) is 6.02. The van der Waals surface area contributed by atoms with E-state index in [1.807, 2.05) is 27.4 Å². The molecule has 1 aliphatic heterocycles. The first-order valence-corrected chi connectivity index (χ1v) is 14.6. The zero-order valence-corrected chi connectivity index (χ0v) is 23.8. The van der Waals surface area contributed by atoms with Crippen LogP contribution in [0.2, 0.25) is 0 Å². The third-order valence-corrected chi connectivity index (χ3v) is 8.20. The Kier molecular flexibility index (Phi) is 7.15. The Morgan fingerprint density at radius 1 is 0.930 bits per heavy atom. The van der Waals surface area contributed by atoms with Crippen molar-refractivity contribution in [1.82, 2.24) is 34.3 Å². The molecule has 6 aromatic rings. The van der Waals surface area contributed by atoms with Crippen LogP contribution >= 0.6 is 0 Å². The van der Waals surface area contributed by atoms with E-state index in [2.05, 4.69) is 85.7 Å². The molecule has 10 heteroatoms. The standard InChI is InChI=1S/C33H32N10/c34-20-26-8-4-12-36-33(26)41-16-14-40(15-17-41)13-5-9-28-19-29(31-32(35)37-23-38-43(28)31)25-10-11-27-22-42(39-30(27)18-25)21-24-6-2-1-3-7-24/h1-4,6-8,10-12,18-19,22-23H,5,9,13-17,21H2,(H2,35,37,38). The highest BCUT2D eigenvalue weighted by Crippen LogP contribution is 2.32. The topological polar surface area (TPSA) is 117 Å². The second-order valence-electron chi connectivity index (χ2n) is 11.0. The van der Waals surface area contributed by atoms with Gasteiger partial charge in [0.05, 0.1) is 17.6 Å². The van der Waals surface area contributed by atoms with Gasteiger partial charge in [-0.25, -0.2) is 14.5 Å². The number of hydrogen-bond donors (Lipinski definition) is 1. The first kappa shape index (κ1) is 26.6. The van der Waals surface area contributed by atoms with Gasteiger partial charge in [0.2, 0.25) is 0 Å². The zero-order chi connectivity index (χ0) is 29.2. The number of benzene rings is 2. The predicted molar refractivity (Wildman–Crippen MR) is 168 cm³/mol. The third-order valence-electron chi connectivity index (χ3n) is 8.20. The van der Waals surface area contributed by atoms with E-state index < -0.39 is 0 Å². The van der Waals surface area contributed by atoms with Crippen molar-refractivity contribution >= 4 is 28.1 Å². The van der Waals surface area contributed by atoms with Gasteiger partial charge in [0.1, 0.15) is 23.7 Å². The van der Waals surface area contributed by atoms with Crippen LogP contribution in [0, 0.1) is 11.3 Å². The molecular formula is C33H32N10. The highest BCUT2D eigenvalue weighted by atomic mass is 15.3. The Morgan fingerprint density at radius 2 is 1.79 bits per heavy atom. The van der Waals surface area contributed by atoms with E-state index >= 15 is 0 Å². The van der Waals surface area contributed by atoms with Crippen LogP contribution in [0.15, 0.2) is 85.5 Å². The lowest BCUT2D eigenvalue weighted by Crippen LogP contribution is -2.47. The number of nitriles is 1. The number of rotatable bonds is 8. The number of nitrogens with two attached hydrogens (primary N) is 1. The van der Waals surface area contributed by atoms with Crippen LogP contribution in [0.3, 0.4) is 0 Å². The minimum atomic E-state index is 0.466. The summed E-state index contributed by atoms with van der Waals surface area (Å²) >= 11 is 0. The van der Waals surface area contributed by atoms with Crippen LogP contribution in [-0.2, 0) is 13.0 Å². The molecule has 2 N–H and O–H groups in total. The van der Waals surface area contributed by atoms with Crippen LogP contribution in [0.25, 0.3) is 27.5 Å². The van der Waals surface area contributed by atoms with Gasteiger partial charge in [-0.3, -0.25) is 9.58 Å². The Balaban J connectivity index is 1.06. The average molecular weight is 569 g/mol. The second-order valence-corrected chi connectivity index (χ2v) is 11.0. The molecule has 0 unspecified atom stereocenters. The maximum Gasteiger partial charge on any atom is 0.151 e. The summed E-state index contributed by atoms with van der Waals surface area (Å²) < 4.78 is 3.93. The van der Waals surface area contributed by atoms with Gasteiger partial charge in [0.25, 0.3) is 0 Å². The van der Waals surface area contributed by atoms with E-state index in [0.29, 0.717) is 11.4 Å². The fraction of sp³-hybridized carbons (Fsp3) is 0.242. The zero-order valence-electron chi connectivity index (χ0n) is 23.8. The SMILES string of the molecule is N#Cc1cccnc1N1CCN(CCCc2cc(-c3ccc4cn(Cc5ccccc5)nc4c3)c3c(N)ncnn23)CC1. The van der Waals surface area contributed by atoms with Gasteiger partial charge in [-0.2, -0.15) is 15.5 Å². The van der Waals surface area contributed by atoms with E-state index in [4.69, 9.17) is 10.8 Å². The van der Waals surface area contributed by atoms with E-state index in [1.54, 1.807) is 6.20 Å². The number of aryl methyl sites for hydroxylation is 1. The van der Waals surface area contributed by atoms with Crippen LogP contribution in [0.1, 0.15) is 23.2 Å². The van der Waals surface area contributed by atoms with Crippen molar-refractivity contribution in [2.45, 2.75) is 19.4 Å². The summed E-state index contributed by atoms with van der Waals surface area (Å²) in [5, 5.41) is 20.0. The molecule has 5 heterocycles. The molecule has 0 saturated carbocycles. The lowest BCUT2D eigenvalue weighted by atomic mass is 10.0. The van der Waals surface area contributed by atoms with E-state index in [0.717, 1.165) is 91.2 Å². The number of pyridine rings is 1. The number of piperazine rings is 1. The van der Waals surface area contributed by atoms with Crippen molar-refractivity contribution in [1.29, 1.82) is 5.26 Å². The number of hydrogen-bond acceptors (Lipinski definition) is 8. The van der Waals surface area contributed by atoms with Crippen molar-refractivity contribution in [3.05, 3.63) is 102 Å². The molecule has 2 aromatic carbocycles. The quantitative estimate of drug-likeness (QED) is 0.287. The number of anilines is 2. The molecule has 1 saturated heterocycles. The molecule has 4 aromatic heterocycles. The largest absolute Gasteiger partial charge is 0.382 e. The first-order chi connectivity index (χ1) is 21.2. The normalized spacial score (nSPS) is 14.0. The maximum absolute atomic E-state index is 9.44. The van der Waals surface area contributed by atoms with Gasteiger partial charge in [-0.1, -0.05) is 42.5 Å². The Morgan fingerprint density at radius 3 is 2.63 bits per heavy atom. The number of fused-ring (bicyclic) bond motifs is 2. The molecule has 214 valence electrons. The predicted octanol–water partition coefficient (Wildman–Crippen LogP) is 4.40. The van der Waals surface area contributed by atoms with Gasteiger partial charge >= 0.3 is 0 Å². The molecule has 0 aliphatic carbocycles. The molecule has 0 atom stereocenters. The minimum absolute atomic E-state index is 0.466. The third kappa shape index (κ3) is 5.38. The molecule has 1 fully saturated rings. The molecule has 0 amide bonds. The summed E-state index contributed by atoms with van der Waals surface area (Å²) in [6, 6.07) is 24.8. The summed E-state index contributed by atoms with van der Waals surface area (Å²) in [7, 11) is 0. The van der Waals surface area contributed by atoms with Crippen LogP contribution in [0.4, 0.5) is 11.6 Å². The van der Waals surface area contributed by atoms with E-state index in [-0.39, 0.29) is 0 Å². The molecule has 10 nitrogen and oxygen atoms in total. The molecule has 7 rings (SSSR count). The van der Waals surface area contributed by atoms with Crippen molar-refractivity contribution in [3.8, 4) is 17.2 Å². The smallest absolute Gasteiger partial charge is 0.151 e. The summed E-state index contributed by atoms with van der Waals surface area (Å²) in [5.41, 5.74) is 13.2. The Labute approximate surface area is 249 Å². The molecule has 43 heavy (non-hydrogen) atoms. The molecule has 0 bridgehead atoms. The molecular weight excluding hydrogens is 536 g/mol. The average Bonchev–Trinajstić information content (AvgIpc) is 3.63. The van der Waals surface area contributed by atoms with E-state index in [9.17, 15) is 5.26 Å². The van der Waals surface area contributed by atoms with Crippen molar-refractivity contribution in [2.75, 3.05) is 43.4 Å². The van der Waals surface area contributed by atoms with Crippen LogP contribution in [0.5, 0.6) is 0 Å². The number of nitrogens with zero attached hydrogens (tertiary/aromatic N) is 9. The fourth-order valence-electron chi connectivity index (χ4n) is 6.02. The highest BCUT2D eigenvalue weighted by molar-refractivity contribution is 5.92. The molecule has 0 spiro atoms. The van der Waals surface area contributed by atoms with Gasteiger partial charge in [-0.05, 0) is 54.8 Å². The maximum atomic E-state index is 9.44. The summed E-state index contributed by atoms with van der Waals surface area (Å²) in [4.78, 5) is 13.4. The summed E-state index contributed by atoms with van der Waals surface area (Å²) in [6.45, 7) is 5.30. The van der Waals surface area contributed by atoms with Gasteiger partial charge in [0, 0.05) is 55.2 Å². The lowest BCUT2D eigenvalue weighted by molar-refractivity contribution is 0.254.